The van der Waals surface area contributed by atoms with Gasteiger partial charge in [0.1, 0.15) is 29.8 Å². The number of pyridine rings is 3. The number of aliphatic hydroxyl groups is 1. The minimum Gasteiger partial charge on any atom is -0.489 e. The average Bonchev–Trinajstić information content (AvgIpc) is 3.26. The van der Waals surface area contributed by atoms with Crippen LogP contribution in [0.1, 0.15) is 25.5 Å². The van der Waals surface area contributed by atoms with Crippen LogP contribution in [0.5, 0.6) is 11.6 Å². The molecule has 8 nitrogen and oxygen atoms in total. The molecule has 0 radical (unpaired) electrons. The Morgan fingerprint density at radius 2 is 1.77 bits per heavy atom. The van der Waals surface area contributed by atoms with E-state index in [1.807, 2.05) is 49.8 Å². The topological polar surface area (TPSA) is 91.5 Å². The number of aliphatic hydroxyl groups excluding tert-OH is 1. The first kappa shape index (κ1) is 25.8. The normalized spacial score (nSPS) is 17.2. The summed E-state index contributed by atoms with van der Waals surface area (Å²) in [5.41, 5.74) is 5.13. The summed E-state index contributed by atoms with van der Waals surface area (Å²) in [6.45, 7) is 2.09. The summed E-state index contributed by atoms with van der Waals surface area (Å²) >= 11 is 0. The van der Waals surface area contributed by atoms with Gasteiger partial charge in [-0.3, -0.25) is 4.98 Å². The molecular formula is C32H30N4O4. The van der Waals surface area contributed by atoms with Gasteiger partial charge in [-0.2, -0.15) is 0 Å². The Morgan fingerprint density at radius 3 is 2.55 bits per heavy atom. The third-order valence-electron chi connectivity index (χ3n) is 7.12. The molecule has 5 aromatic rings. The summed E-state index contributed by atoms with van der Waals surface area (Å²) in [6.07, 6.45) is 8.76. The van der Waals surface area contributed by atoms with Crippen molar-refractivity contribution in [2.24, 2.45) is 7.05 Å². The van der Waals surface area contributed by atoms with Gasteiger partial charge in [0.05, 0.1) is 24.9 Å². The fourth-order valence-corrected chi connectivity index (χ4v) is 4.90. The number of rotatable bonds is 8. The largest absolute Gasteiger partial charge is 0.489 e. The minimum absolute atomic E-state index is 0.0191. The van der Waals surface area contributed by atoms with Crippen molar-refractivity contribution in [2.45, 2.75) is 38.1 Å². The molecule has 0 amide bonds. The van der Waals surface area contributed by atoms with Gasteiger partial charge in [0.2, 0.25) is 5.88 Å². The van der Waals surface area contributed by atoms with E-state index >= 15 is 0 Å². The molecule has 1 N–H and O–H groups in total. The van der Waals surface area contributed by atoms with Crippen molar-refractivity contribution in [1.82, 2.24) is 19.5 Å². The van der Waals surface area contributed by atoms with Gasteiger partial charge >= 0.3 is 0 Å². The van der Waals surface area contributed by atoms with Gasteiger partial charge in [-0.25, -0.2) is 9.97 Å². The van der Waals surface area contributed by atoms with Crippen LogP contribution in [-0.4, -0.2) is 56.2 Å². The van der Waals surface area contributed by atoms with Gasteiger partial charge in [-0.05, 0) is 48.7 Å². The average molecular weight is 535 g/mol. The minimum atomic E-state index is -0.264. The molecule has 1 aromatic carbocycles. The second-order valence-corrected chi connectivity index (χ2v) is 9.91. The smallest absolute Gasteiger partial charge is 0.213 e. The maximum atomic E-state index is 8.81. The van der Waals surface area contributed by atoms with E-state index < -0.39 is 0 Å². The first-order chi connectivity index (χ1) is 19.6. The van der Waals surface area contributed by atoms with Crippen LogP contribution in [-0.2, 0) is 11.8 Å². The molecule has 4 heterocycles. The number of hydrogen-bond acceptors (Lipinski definition) is 7. The zero-order valence-electron chi connectivity index (χ0n) is 22.4. The summed E-state index contributed by atoms with van der Waals surface area (Å²) < 4.78 is 19.6. The van der Waals surface area contributed by atoms with E-state index in [-0.39, 0.29) is 31.5 Å². The lowest BCUT2D eigenvalue weighted by molar-refractivity contribution is 0.00209. The summed E-state index contributed by atoms with van der Waals surface area (Å²) in [5, 5.41) is 11.2. The third kappa shape index (κ3) is 5.48. The predicted molar refractivity (Wildman–Crippen MR) is 153 cm³/mol. The van der Waals surface area contributed by atoms with Crippen molar-refractivity contribution in [3.8, 4) is 34.6 Å². The molecule has 1 aliphatic carbocycles. The molecule has 202 valence electrons. The third-order valence-corrected chi connectivity index (χ3v) is 7.12. The summed E-state index contributed by atoms with van der Waals surface area (Å²) in [6, 6.07) is 16.2. The molecule has 8 heteroatoms. The molecule has 1 fully saturated rings. The molecular weight excluding hydrogens is 504 g/mol. The monoisotopic (exact) mass is 534 g/mol. The van der Waals surface area contributed by atoms with Crippen molar-refractivity contribution in [2.75, 3.05) is 13.2 Å². The standard InChI is InChI=1S/C32H30N4O4/c1-21(38-14-13-37)3-6-24-7-8-25(19-34-24)39-26-16-27(17-26)40-32-10-5-23(18-35-32)22-4-9-28-29-20-33-12-11-30(29)36(2)31(28)15-22/h4-5,7-12,15,18-21,26-27,37H,13-14,16-17H2,1-2H3/t21?,26-,27-. The molecule has 0 spiro atoms. The number of nitrogens with zero attached hydrogens (tertiary/aromatic N) is 4. The van der Waals surface area contributed by atoms with Gasteiger partial charge in [-0.1, -0.05) is 18.1 Å². The predicted octanol–water partition coefficient (Wildman–Crippen LogP) is 4.92. The summed E-state index contributed by atoms with van der Waals surface area (Å²) in [5.74, 6) is 7.26. The lowest BCUT2D eigenvalue weighted by atomic mass is 9.92. The SMILES string of the molecule is CC(C#Cc1ccc(O[C@H]2C[C@H](Oc3ccc(-c4ccc5c6cnccc6n(C)c5c4)cn3)C2)cn1)OCCO. The highest BCUT2D eigenvalue weighted by molar-refractivity contribution is 6.08. The highest BCUT2D eigenvalue weighted by Gasteiger charge is 2.33. The Morgan fingerprint density at radius 1 is 0.925 bits per heavy atom. The molecule has 0 aliphatic heterocycles. The van der Waals surface area contributed by atoms with E-state index in [0.717, 1.165) is 34.9 Å². The van der Waals surface area contributed by atoms with Crippen LogP contribution in [0, 0.1) is 11.8 Å². The van der Waals surface area contributed by atoms with Gasteiger partial charge in [0.15, 0.2) is 0 Å². The fourth-order valence-electron chi connectivity index (χ4n) is 4.90. The fraction of sp³-hybridized carbons (Fsp3) is 0.281. The second-order valence-electron chi connectivity index (χ2n) is 9.91. The maximum Gasteiger partial charge on any atom is 0.213 e. The number of hydrogen-bond donors (Lipinski definition) is 1. The molecule has 1 atom stereocenters. The number of aryl methyl sites for hydroxylation is 1. The summed E-state index contributed by atoms with van der Waals surface area (Å²) in [4.78, 5) is 13.2. The van der Waals surface area contributed by atoms with Crippen LogP contribution < -0.4 is 9.47 Å². The van der Waals surface area contributed by atoms with Crippen molar-refractivity contribution in [3.05, 3.63) is 79.0 Å². The van der Waals surface area contributed by atoms with E-state index in [2.05, 4.69) is 62.7 Å². The molecule has 1 saturated carbocycles. The van der Waals surface area contributed by atoms with Crippen LogP contribution in [0.2, 0.25) is 0 Å². The van der Waals surface area contributed by atoms with Crippen LogP contribution in [0.15, 0.2) is 73.3 Å². The van der Waals surface area contributed by atoms with Crippen LogP contribution in [0.4, 0.5) is 0 Å². The van der Waals surface area contributed by atoms with E-state index in [1.54, 1.807) is 6.20 Å². The van der Waals surface area contributed by atoms with Crippen molar-refractivity contribution in [1.29, 1.82) is 0 Å². The first-order valence-corrected chi connectivity index (χ1v) is 13.4. The highest BCUT2D eigenvalue weighted by atomic mass is 16.5. The zero-order chi connectivity index (χ0) is 27.5. The molecule has 0 bridgehead atoms. The first-order valence-electron chi connectivity index (χ1n) is 13.4. The zero-order valence-corrected chi connectivity index (χ0v) is 22.4. The molecule has 6 rings (SSSR count). The van der Waals surface area contributed by atoms with Gasteiger partial charge in [-0.15, -0.1) is 0 Å². The quantitative estimate of drug-likeness (QED) is 0.283. The Labute approximate surface area is 232 Å². The Kier molecular flexibility index (Phi) is 7.32. The number of ether oxygens (including phenoxy) is 3. The molecule has 0 saturated heterocycles. The van der Waals surface area contributed by atoms with Crippen LogP contribution in [0.25, 0.3) is 32.9 Å². The molecule has 40 heavy (non-hydrogen) atoms. The Hall–Kier alpha value is -4.45. The van der Waals surface area contributed by atoms with E-state index in [1.165, 1.54) is 10.9 Å². The van der Waals surface area contributed by atoms with Crippen molar-refractivity contribution < 1.29 is 19.3 Å². The molecule has 1 aliphatic rings. The van der Waals surface area contributed by atoms with E-state index in [9.17, 15) is 0 Å². The van der Waals surface area contributed by atoms with Gasteiger partial charge < -0.3 is 23.9 Å². The number of fused-ring (bicyclic) bond motifs is 3. The number of aromatic nitrogens is 4. The van der Waals surface area contributed by atoms with E-state index in [4.69, 9.17) is 19.3 Å². The lowest BCUT2D eigenvalue weighted by Crippen LogP contribution is -2.41. The van der Waals surface area contributed by atoms with Gasteiger partial charge in [0, 0.05) is 66.4 Å². The number of benzene rings is 1. The highest BCUT2D eigenvalue weighted by Crippen LogP contribution is 2.32. The van der Waals surface area contributed by atoms with E-state index in [0.29, 0.717) is 17.3 Å². The van der Waals surface area contributed by atoms with Crippen LogP contribution >= 0.6 is 0 Å². The van der Waals surface area contributed by atoms with Crippen molar-refractivity contribution in [3.63, 3.8) is 0 Å². The van der Waals surface area contributed by atoms with Crippen LogP contribution in [0.3, 0.4) is 0 Å². The lowest BCUT2D eigenvalue weighted by Gasteiger charge is -2.34. The Balaban J connectivity index is 1.02. The maximum absolute atomic E-state index is 8.81. The second kappa shape index (κ2) is 11.3. The van der Waals surface area contributed by atoms with Gasteiger partial charge in [0.25, 0.3) is 0 Å². The summed E-state index contributed by atoms with van der Waals surface area (Å²) in [7, 11) is 2.08. The molecule has 4 aromatic heterocycles. The Bertz CT molecular complexity index is 1680. The van der Waals surface area contributed by atoms with Crippen molar-refractivity contribution >= 4 is 21.8 Å². The molecule has 1 unspecified atom stereocenters.